The monoisotopic (exact) mass is 469 g/mol. The van der Waals surface area contributed by atoms with E-state index in [4.69, 9.17) is 4.74 Å². The number of halogens is 1. The summed E-state index contributed by atoms with van der Waals surface area (Å²) in [4.78, 5) is 23.8. The van der Waals surface area contributed by atoms with Crippen LogP contribution in [0.5, 0.6) is 5.75 Å². The highest BCUT2D eigenvalue weighted by Crippen LogP contribution is 2.24. The number of ether oxygens (including phenoxy) is 1. The number of nitrogens with one attached hydrogen (secondary N) is 3. The Morgan fingerprint density at radius 1 is 0.967 bits per heavy atom. The van der Waals surface area contributed by atoms with Crippen LogP contribution in [0.2, 0.25) is 0 Å². The highest BCUT2D eigenvalue weighted by Gasteiger charge is 2.06. The number of fused-ring (bicyclic) bond motifs is 1. The van der Waals surface area contributed by atoms with Gasteiger partial charge in [-0.25, -0.2) is 4.79 Å². The average molecular weight is 470 g/mol. The Kier molecular flexibility index (Phi) is 7.30. The summed E-state index contributed by atoms with van der Waals surface area (Å²) >= 11 is 3.45. The molecular weight excluding hydrogens is 446 g/mol. The maximum absolute atomic E-state index is 12.1. The van der Waals surface area contributed by atoms with E-state index in [-0.39, 0.29) is 24.6 Å². The molecule has 156 valence electrons. The Hall–Kier alpha value is -3.06. The molecule has 0 bridgehead atoms. The molecule has 0 aromatic heterocycles. The Morgan fingerprint density at radius 3 is 2.40 bits per heavy atom. The molecule has 0 fully saturated rings. The molecular formula is C23H24BrN3O3. The molecule has 0 saturated carbocycles. The molecule has 3 rings (SSSR count). The van der Waals surface area contributed by atoms with Gasteiger partial charge in [-0.15, -0.1) is 0 Å². The smallest absolute Gasteiger partial charge is 0.319 e. The van der Waals surface area contributed by atoms with Crippen molar-refractivity contribution in [1.82, 2.24) is 10.6 Å². The molecule has 0 aliphatic carbocycles. The molecule has 0 aliphatic rings. The predicted octanol–water partition coefficient (Wildman–Crippen LogP) is 4.83. The maximum Gasteiger partial charge on any atom is 0.319 e. The van der Waals surface area contributed by atoms with E-state index in [0.717, 1.165) is 20.8 Å². The average Bonchev–Trinajstić information content (AvgIpc) is 2.71. The first-order chi connectivity index (χ1) is 14.4. The zero-order valence-electron chi connectivity index (χ0n) is 16.9. The SMILES string of the molecule is CC(C)NC(=O)Nc1ccc(CNC(=O)COc2ccc3cc(Br)ccc3c2)cc1. The molecule has 0 radical (unpaired) electrons. The van der Waals surface area contributed by atoms with E-state index in [2.05, 4.69) is 31.9 Å². The molecule has 3 N–H and O–H groups in total. The van der Waals surface area contributed by atoms with Crippen molar-refractivity contribution in [3.8, 4) is 5.75 Å². The van der Waals surface area contributed by atoms with Gasteiger partial charge in [0.25, 0.3) is 5.91 Å². The fraction of sp³-hybridized carbons (Fsp3) is 0.217. The van der Waals surface area contributed by atoms with Crippen LogP contribution in [0.3, 0.4) is 0 Å². The van der Waals surface area contributed by atoms with Gasteiger partial charge in [0.05, 0.1) is 0 Å². The zero-order chi connectivity index (χ0) is 21.5. The molecule has 0 aliphatic heterocycles. The Bertz CT molecular complexity index is 1040. The van der Waals surface area contributed by atoms with Crippen molar-refractivity contribution in [2.24, 2.45) is 0 Å². The number of hydrogen-bond acceptors (Lipinski definition) is 3. The standard InChI is InChI=1S/C23H24BrN3O3/c1-15(2)26-23(29)27-20-8-3-16(4-9-20)13-25-22(28)14-30-21-10-6-17-11-19(24)7-5-18(17)12-21/h3-12,15H,13-14H2,1-2H3,(H,25,28)(H2,26,27,29). The van der Waals surface area contributed by atoms with Crippen molar-refractivity contribution < 1.29 is 14.3 Å². The van der Waals surface area contributed by atoms with Crippen LogP contribution in [0.15, 0.2) is 65.1 Å². The number of carbonyl (C=O) groups excluding carboxylic acids is 2. The van der Waals surface area contributed by atoms with E-state index < -0.39 is 0 Å². The van der Waals surface area contributed by atoms with Gasteiger partial charge in [0.2, 0.25) is 0 Å². The molecule has 7 heteroatoms. The lowest BCUT2D eigenvalue weighted by molar-refractivity contribution is -0.123. The summed E-state index contributed by atoms with van der Waals surface area (Å²) in [5.74, 6) is 0.444. The van der Waals surface area contributed by atoms with Crippen LogP contribution >= 0.6 is 15.9 Å². The highest BCUT2D eigenvalue weighted by molar-refractivity contribution is 9.10. The summed E-state index contributed by atoms with van der Waals surface area (Å²) in [7, 11) is 0. The number of rotatable bonds is 7. The van der Waals surface area contributed by atoms with Gasteiger partial charge in [-0.05, 0) is 66.6 Å². The Morgan fingerprint density at radius 2 is 1.67 bits per heavy atom. The van der Waals surface area contributed by atoms with Crippen LogP contribution < -0.4 is 20.7 Å². The van der Waals surface area contributed by atoms with Crippen molar-refractivity contribution in [1.29, 1.82) is 0 Å². The largest absolute Gasteiger partial charge is 0.484 e. The number of hydrogen-bond donors (Lipinski definition) is 3. The number of benzene rings is 3. The Labute approximate surface area is 184 Å². The van der Waals surface area contributed by atoms with Gasteiger partial charge in [0.1, 0.15) is 5.75 Å². The summed E-state index contributed by atoms with van der Waals surface area (Å²) in [6.07, 6.45) is 0. The minimum atomic E-state index is -0.246. The maximum atomic E-state index is 12.1. The second-order valence-corrected chi connectivity index (χ2v) is 8.08. The highest BCUT2D eigenvalue weighted by atomic mass is 79.9. The van der Waals surface area contributed by atoms with E-state index in [9.17, 15) is 9.59 Å². The Balaban J connectivity index is 1.45. The third-order valence-electron chi connectivity index (χ3n) is 4.26. The summed E-state index contributed by atoms with van der Waals surface area (Å²) in [5, 5.41) is 10.5. The van der Waals surface area contributed by atoms with Crippen LogP contribution in [0, 0.1) is 0 Å². The van der Waals surface area contributed by atoms with Crippen molar-refractivity contribution in [2.45, 2.75) is 26.4 Å². The fourth-order valence-corrected chi connectivity index (χ4v) is 3.20. The predicted molar refractivity (Wildman–Crippen MR) is 123 cm³/mol. The van der Waals surface area contributed by atoms with Gasteiger partial charge in [-0.2, -0.15) is 0 Å². The first-order valence-corrected chi connectivity index (χ1v) is 10.4. The van der Waals surface area contributed by atoms with Crippen LogP contribution in [0.1, 0.15) is 19.4 Å². The summed E-state index contributed by atoms with van der Waals surface area (Å²) in [6.45, 7) is 4.12. The summed E-state index contributed by atoms with van der Waals surface area (Å²) < 4.78 is 6.63. The van der Waals surface area contributed by atoms with E-state index >= 15 is 0 Å². The van der Waals surface area contributed by atoms with Crippen molar-refractivity contribution in [3.63, 3.8) is 0 Å². The number of urea groups is 1. The minimum absolute atomic E-state index is 0.0585. The van der Waals surface area contributed by atoms with E-state index in [1.807, 2.05) is 62.4 Å². The van der Waals surface area contributed by atoms with Crippen LogP contribution in [0.25, 0.3) is 10.8 Å². The molecule has 0 saturated heterocycles. The quantitative estimate of drug-likeness (QED) is 0.463. The van der Waals surface area contributed by atoms with Gasteiger partial charge < -0.3 is 20.7 Å². The van der Waals surface area contributed by atoms with Crippen molar-refractivity contribution in [3.05, 3.63) is 70.7 Å². The number of amides is 3. The fourth-order valence-electron chi connectivity index (χ4n) is 2.82. The third kappa shape index (κ3) is 6.49. The third-order valence-corrected chi connectivity index (χ3v) is 4.76. The zero-order valence-corrected chi connectivity index (χ0v) is 18.5. The first kappa shape index (κ1) is 21.6. The van der Waals surface area contributed by atoms with E-state index in [0.29, 0.717) is 18.0 Å². The van der Waals surface area contributed by atoms with Crippen molar-refractivity contribution in [2.75, 3.05) is 11.9 Å². The molecule has 3 amide bonds. The van der Waals surface area contributed by atoms with E-state index in [1.54, 1.807) is 12.1 Å². The van der Waals surface area contributed by atoms with Gasteiger partial charge in [0, 0.05) is 22.7 Å². The lowest BCUT2D eigenvalue weighted by Gasteiger charge is -2.11. The molecule has 0 unspecified atom stereocenters. The molecule has 3 aromatic carbocycles. The minimum Gasteiger partial charge on any atom is -0.484 e. The topological polar surface area (TPSA) is 79.5 Å². The lowest BCUT2D eigenvalue weighted by atomic mass is 10.1. The van der Waals surface area contributed by atoms with Gasteiger partial charge in [0.15, 0.2) is 6.61 Å². The first-order valence-electron chi connectivity index (χ1n) is 9.64. The number of anilines is 1. The molecule has 0 heterocycles. The second kappa shape index (κ2) is 10.1. The molecule has 0 spiro atoms. The second-order valence-electron chi connectivity index (χ2n) is 7.17. The molecule has 0 atom stereocenters. The number of carbonyl (C=O) groups is 2. The summed E-state index contributed by atoms with van der Waals surface area (Å²) in [5.41, 5.74) is 1.62. The van der Waals surface area contributed by atoms with Crippen LogP contribution in [0.4, 0.5) is 10.5 Å². The van der Waals surface area contributed by atoms with Gasteiger partial charge in [-0.1, -0.05) is 40.2 Å². The lowest BCUT2D eigenvalue weighted by Crippen LogP contribution is -2.34. The molecule has 6 nitrogen and oxygen atoms in total. The van der Waals surface area contributed by atoms with Gasteiger partial charge >= 0.3 is 6.03 Å². The van der Waals surface area contributed by atoms with Gasteiger partial charge in [-0.3, -0.25) is 4.79 Å². The molecule has 3 aromatic rings. The van der Waals surface area contributed by atoms with Crippen LogP contribution in [-0.4, -0.2) is 24.6 Å². The normalized spacial score (nSPS) is 10.7. The van der Waals surface area contributed by atoms with Crippen molar-refractivity contribution >= 4 is 44.3 Å². The summed E-state index contributed by atoms with van der Waals surface area (Å²) in [6, 6.07) is 18.8. The molecule has 30 heavy (non-hydrogen) atoms. The van der Waals surface area contributed by atoms with Crippen LogP contribution in [-0.2, 0) is 11.3 Å². The van der Waals surface area contributed by atoms with E-state index in [1.165, 1.54) is 0 Å².